The predicted molar refractivity (Wildman–Crippen MR) is 64.9 cm³/mol. The van der Waals surface area contributed by atoms with Gasteiger partial charge >= 0.3 is 0 Å². The second-order valence-electron chi connectivity index (χ2n) is 4.42. The molecule has 94 valence electrons. The molecule has 0 saturated heterocycles. The molecule has 1 aliphatic carbocycles. The minimum absolute atomic E-state index is 0.313. The second-order valence-corrected chi connectivity index (χ2v) is 4.42. The third kappa shape index (κ3) is 2.36. The zero-order chi connectivity index (χ0) is 12.4. The minimum atomic E-state index is 0.313. The van der Waals surface area contributed by atoms with Gasteiger partial charge in [-0.15, -0.1) is 0 Å². The fourth-order valence-corrected chi connectivity index (χ4v) is 1.78. The lowest BCUT2D eigenvalue weighted by molar-refractivity contribution is 0.282. The Morgan fingerprint density at radius 2 is 2.17 bits per heavy atom. The zero-order valence-corrected chi connectivity index (χ0v) is 10.0. The van der Waals surface area contributed by atoms with E-state index >= 15 is 0 Å². The standard InChI is InChI=1S/C13H15N3O2/c14-7-10-3-1-2-4-11(10)17-8-12-15-13(18-16-12)9-5-6-9/h1-4,9H,5-8,14H2. The summed E-state index contributed by atoms with van der Waals surface area (Å²) in [7, 11) is 0. The number of hydrogen-bond acceptors (Lipinski definition) is 5. The Morgan fingerprint density at radius 3 is 2.94 bits per heavy atom. The summed E-state index contributed by atoms with van der Waals surface area (Å²) >= 11 is 0. The Morgan fingerprint density at radius 1 is 1.33 bits per heavy atom. The molecule has 0 atom stereocenters. The number of para-hydroxylation sites is 1. The lowest BCUT2D eigenvalue weighted by Gasteiger charge is -2.07. The van der Waals surface area contributed by atoms with Gasteiger partial charge in [0.15, 0.2) is 6.61 Å². The molecule has 0 unspecified atom stereocenters. The van der Waals surface area contributed by atoms with Crippen molar-refractivity contribution >= 4 is 0 Å². The molecular formula is C13H15N3O2. The maximum atomic E-state index is 5.66. The number of rotatable bonds is 5. The van der Waals surface area contributed by atoms with Gasteiger partial charge in [-0.2, -0.15) is 4.98 Å². The second kappa shape index (κ2) is 4.78. The summed E-state index contributed by atoms with van der Waals surface area (Å²) in [6.07, 6.45) is 2.30. The van der Waals surface area contributed by atoms with E-state index in [1.54, 1.807) is 0 Å². The molecule has 1 aromatic carbocycles. The van der Waals surface area contributed by atoms with Gasteiger partial charge in [-0.05, 0) is 18.9 Å². The number of nitrogens with zero attached hydrogens (tertiary/aromatic N) is 2. The van der Waals surface area contributed by atoms with E-state index in [0.29, 0.717) is 24.9 Å². The van der Waals surface area contributed by atoms with Crippen LogP contribution in [0.5, 0.6) is 5.75 Å². The predicted octanol–water partition coefficient (Wildman–Crippen LogP) is 1.98. The summed E-state index contributed by atoms with van der Waals surface area (Å²) in [6, 6.07) is 7.69. The molecule has 2 aromatic rings. The van der Waals surface area contributed by atoms with Gasteiger partial charge in [0.25, 0.3) is 0 Å². The molecule has 2 N–H and O–H groups in total. The van der Waals surface area contributed by atoms with Crippen molar-refractivity contribution in [3.8, 4) is 5.75 Å². The van der Waals surface area contributed by atoms with Crippen LogP contribution in [0.15, 0.2) is 28.8 Å². The lowest BCUT2D eigenvalue weighted by Crippen LogP contribution is -2.03. The average molecular weight is 245 g/mol. The Kier molecular flexibility index (Phi) is 2.98. The summed E-state index contributed by atoms with van der Waals surface area (Å²) in [4.78, 5) is 4.31. The maximum absolute atomic E-state index is 5.66. The monoisotopic (exact) mass is 245 g/mol. The molecule has 5 nitrogen and oxygen atoms in total. The van der Waals surface area contributed by atoms with Crippen LogP contribution in [0.25, 0.3) is 0 Å². The number of hydrogen-bond donors (Lipinski definition) is 1. The summed E-state index contributed by atoms with van der Waals surface area (Å²) in [5, 5.41) is 3.91. The Bertz CT molecular complexity index is 535. The zero-order valence-electron chi connectivity index (χ0n) is 10.0. The van der Waals surface area contributed by atoms with Crippen molar-refractivity contribution in [3.63, 3.8) is 0 Å². The van der Waals surface area contributed by atoms with E-state index < -0.39 is 0 Å². The molecule has 5 heteroatoms. The van der Waals surface area contributed by atoms with E-state index in [1.165, 1.54) is 0 Å². The number of aromatic nitrogens is 2. The van der Waals surface area contributed by atoms with Gasteiger partial charge in [-0.3, -0.25) is 0 Å². The van der Waals surface area contributed by atoms with Crippen LogP contribution in [0.1, 0.15) is 36.0 Å². The average Bonchev–Trinajstić information content (AvgIpc) is 3.16. The molecule has 18 heavy (non-hydrogen) atoms. The van der Waals surface area contributed by atoms with Crippen LogP contribution in [0.3, 0.4) is 0 Å². The third-order valence-corrected chi connectivity index (χ3v) is 2.96. The van der Waals surface area contributed by atoms with Crippen LogP contribution in [0.2, 0.25) is 0 Å². The van der Waals surface area contributed by atoms with E-state index in [1.807, 2.05) is 24.3 Å². The highest BCUT2D eigenvalue weighted by Crippen LogP contribution is 2.38. The number of nitrogens with two attached hydrogens (primary N) is 1. The van der Waals surface area contributed by atoms with Gasteiger partial charge < -0.3 is 15.0 Å². The van der Waals surface area contributed by atoms with E-state index in [0.717, 1.165) is 30.0 Å². The molecule has 1 aromatic heterocycles. The SMILES string of the molecule is NCc1ccccc1OCc1noc(C2CC2)n1. The summed E-state index contributed by atoms with van der Waals surface area (Å²) < 4.78 is 10.8. The van der Waals surface area contributed by atoms with Gasteiger partial charge in [0, 0.05) is 18.0 Å². The van der Waals surface area contributed by atoms with Crippen LogP contribution in [0, 0.1) is 0 Å². The Balaban J connectivity index is 1.65. The third-order valence-electron chi connectivity index (χ3n) is 2.96. The molecule has 0 spiro atoms. The fourth-order valence-electron chi connectivity index (χ4n) is 1.78. The first-order chi connectivity index (χ1) is 8.86. The minimum Gasteiger partial charge on any atom is -0.485 e. The van der Waals surface area contributed by atoms with Crippen molar-refractivity contribution in [2.45, 2.75) is 31.9 Å². The number of benzene rings is 1. The molecule has 1 saturated carbocycles. The van der Waals surface area contributed by atoms with Crippen LogP contribution in [-0.2, 0) is 13.2 Å². The summed E-state index contributed by atoms with van der Waals surface area (Å²) in [6.45, 7) is 0.767. The molecule has 1 fully saturated rings. The molecule has 3 rings (SSSR count). The maximum Gasteiger partial charge on any atom is 0.229 e. The molecule has 1 aliphatic rings. The van der Waals surface area contributed by atoms with Crippen molar-refractivity contribution in [1.29, 1.82) is 0 Å². The Hall–Kier alpha value is -1.88. The number of ether oxygens (including phenoxy) is 1. The Labute approximate surface area is 105 Å². The van der Waals surface area contributed by atoms with Crippen molar-refractivity contribution in [2.75, 3.05) is 0 Å². The van der Waals surface area contributed by atoms with Gasteiger partial charge in [-0.25, -0.2) is 0 Å². The lowest BCUT2D eigenvalue weighted by atomic mass is 10.2. The van der Waals surface area contributed by atoms with Crippen molar-refractivity contribution < 1.29 is 9.26 Å². The first-order valence-electron chi connectivity index (χ1n) is 6.10. The molecule has 0 bridgehead atoms. The van der Waals surface area contributed by atoms with Gasteiger partial charge in [0.1, 0.15) is 5.75 Å². The molecule has 1 heterocycles. The van der Waals surface area contributed by atoms with E-state index in [2.05, 4.69) is 10.1 Å². The highest BCUT2D eigenvalue weighted by Gasteiger charge is 2.29. The summed E-state index contributed by atoms with van der Waals surface area (Å²) in [5.41, 5.74) is 6.62. The van der Waals surface area contributed by atoms with E-state index in [9.17, 15) is 0 Å². The quantitative estimate of drug-likeness (QED) is 0.871. The topological polar surface area (TPSA) is 74.2 Å². The van der Waals surface area contributed by atoms with E-state index in [4.69, 9.17) is 15.0 Å². The molecule has 0 amide bonds. The largest absolute Gasteiger partial charge is 0.485 e. The van der Waals surface area contributed by atoms with Crippen LogP contribution in [-0.4, -0.2) is 10.1 Å². The van der Waals surface area contributed by atoms with Crippen molar-refractivity contribution in [2.24, 2.45) is 5.73 Å². The van der Waals surface area contributed by atoms with Crippen molar-refractivity contribution in [3.05, 3.63) is 41.5 Å². The van der Waals surface area contributed by atoms with Crippen LogP contribution < -0.4 is 10.5 Å². The molecule has 0 aliphatic heterocycles. The van der Waals surface area contributed by atoms with Crippen LogP contribution in [0.4, 0.5) is 0 Å². The van der Waals surface area contributed by atoms with Gasteiger partial charge in [-0.1, -0.05) is 23.4 Å². The molecular weight excluding hydrogens is 230 g/mol. The summed E-state index contributed by atoms with van der Waals surface area (Å²) in [5.74, 6) is 2.57. The van der Waals surface area contributed by atoms with Crippen molar-refractivity contribution in [1.82, 2.24) is 10.1 Å². The smallest absolute Gasteiger partial charge is 0.229 e. The van der Waals surface area contributed by atoms with E-state index in [-0.39, 0.29) is 0 Å². The van der Waals surface area contributed by atoms with Gasteiger partial charge in [0.05, 0.1) is 0 Å². The highest BCUT2D eigenvalue weighted by molar-refractivity contribution is 5.33. The molecule has 0 radical (unpaired) electrons. The first kappa shape index (κ1) is 11.2. The first-order valence-corrected chi connectivity index (χ1v) is 6.10. The van der Waals surface area contributed by atoms with Crippen LogP contribution >= 0.6 is 0 Å². The van der Waals surface area contributed by atoms with Gasteiger partial charge in [0.2, 0.25) is 11.7 Å². The normalized spacial score (nSPS) is 14.7. The highest BCUT2D eigenvalue weighted by atomic mass is 16.5. The fraction of sp³-hybridized carbons (Fsp3) is 0.385.